The second-order valence-corrected chi connectivity index (χ2v) is 7.76. The van der Waals surface area contributed by atoms with Crippen molar-refractivity contribution in [3.63, 3.8) is 0 Å². The summed E-state index contributed by atoms with van der Waals surface area (Å²) in [4.78, 5) is 27.8. The van der Waals surface area contributed by atoms with Gasteiger partial charge in [0.15, 0.2) is 0 Å². The van der Waals surface area contributed by atoms with Crippen molar-refractivity contribution in [2.45, 2.75) is 46.2 Å². The molecule has 164 valence electrons. The fourth-order valence-corrected chi connectivity index (χ4v) is 4.28. The van der Waals surface area contributed by atoms with E-state index in [4.69, 9.17) is 0 Å². The number of aryl methyl sites for hydroxylation is 2. The number of piperidine rings is 1. The van der Waals surface area contributed by atoms with Crippen molar-refractivity contribution in [3.8, 4) is 0 Å². The highest BCUT2D eigenvalue weighted by Crippen LogP contribution is 2.33. The summed E-state index contributed by atoms with van der Waals surface area (Å²) in [7, 11) is 0. The van der Waals surface area contributed by atoms with E-state index >= 15 is 0 Å². The lowest BCUT2D eigenvalue weighted by Crippen LogP contribution is -2.31. The lowest BCUT2D eigenvalue weighted by molar-refractivity contribution is 0.262. The predicted octanol–water partition coefficient (Wildman–Crippen LogP) is 4.62. The van der Waals surface area contributed by atoms with Crippen LogP contribution in [0.15, 0.2) is 41.2 Å². The average Bonchev–Trinajstić information content (AvgIpc) is 3.04. The molecule has 4 rings (SSSR count). The van der Waals surface area contributed by atoms with E-state index < -0.39 is 6.03 Å². The fourth-order valence-electron chi connectivity index (χ4n) is 4.28. The van der Waals surface area contributed by atoms with Gasteiger partial charge in [-0.15, -0.1) is 0 Å². The number of nitrogens with one attached hydrogen (secondary N) is 2. The standard InChI is InChI=1S/C23H28FN5O2/c1-3-28-20-14-18(26-22(30)25-17-10-8-16(24)9-11-17)19(27-12-6-5-7-13-27)15-21(20)29(4-2)23(28)31/h8-11,14-15H,3-7,12-13H2,1-2H3,(H2,25,26,30). The van der Waals surface area contributed by atoms with Gasteiger partial charge in [-0.2, -0.15) is 0 Å². The molecular formula is C23H28FN5O2. The van der Waals surface area contributed by atoms with E-state index in [9.17, 15) is 14.0 Å². The van der Waals surface area contributed by atoms with E-state index in [-0.39, 0.29) is 11.5 Å². The maximum absolute atomic E-state index is 13.1. The molecule has 0 atom stereocenters. The van der Waals surface area contributed by atoms with E-state index in [1.54, 1.807) is 9.13 Å². The molecule has 1 fully saturated rings. The lowest BCUT2D eigenvalue weighted by atomic mass is 10.1. The van der Waals surface area contributed by atoms with Crippen molar-refractivity contribution in [1.82, 2.24) is 9.13 Å². The smallest absolute Gasteiger partial charge is 0.329 e. The molecule has 0 radical (unpaired) electrons. The molecule has 0 spiro atoms. The van der Waals surface area contributed by atoms with Gasteiger partial charge in [-0.05, 0) is 69.5 Å². The second-order valence-electron chi connectivity index (χ2n) is 7.76. The molecule has 0 unspecified atom stereocenters. The Balaban J connectivity index is 1.74. The Hall–Kier alpha value is -3.29. The van der Waals surface area contributed by atoms with Crippen LogP contribution in [-0.4, -0.2) is 28.3 Å². The van der Waals surface area contributed by atoms with Crippen LogP contribution in [0.2, 0.25) is 0 Å². The molecule has 31 heavy (non-hydrogen) atoms. The summed E-state index contributed by atoms with van der Waals surface area (Å²) >= 11 is 0. The van der Waals surface area contributed by atoms with Gasteiger partial charge in [0.25, 0.3) is 0 Å². The summed E-state index contributed by atoms with van der Waals surface area (Å²) in [6.45, 7) is 6.85. The summed E-state index contributed by atoms with van der Waals surface area (Å²) in [5.74, 6) is -0.359. The quantitative estimate of drug-likeness (QED) is 0.627. The summed E-state index contributed by atoms with van der Waals surface area (Å²) in [6.07, 6.45) is 3.38. The molecule has 2 heterocycles. The highest BCUT2D eigenvalue weighted by molar-refractivity contribution is 6.04. The van der Waals surface area contributed by atoms with Gasteiger partial charge >= 0.3 is 11.7 Å². The number of hydrogen-bond acceptors (Lipinski definition) is 3. The molecule has 2 aromatic carbocycles. The minimum atomic E-state index is -0.412. The Morgan fingerprint density at radius 2 is 1.55 bits per heavy atom. The Morgan fingerprint density at radius 3 is 2.16 bits per heavy atom. The van der Waals surface area contributed by atoms with Gasteiger partial charge in [-0.25, -0.2) is 14.0 Å². The normalized spacial score (nSPS) is 14.1. The zero-order valence-corrected chi connectivity index (χ0v) is 17.9. The number of anilines is 3. The van der Waals surface area contributed by atoms with Crippen LogP contribution in [0.3, 0.4) is 0 Å². The minimum Gasteiger partial charge on any atom is -0.370 e. The molecule has 3 aromatic rings. The zero-order valence-electron chi connectivity index (χ0n) is 17.9. The molecule has 2 amide bonds. The number of amides is 2. The van der Waals surface area contributed by atoms with E-state index in [1.807, 2.05) is 26.0 Å². The van der Waals surface area contributed by atoms with Gasteiger partial charge in [0.05, 0.1) is 22.4 Å². The van der Waals surface area contributed by atoms with Crippen LogP contribution < -0.4 is 21.2 Å². The molecule has 1 aromatic heterocycles. The molecule has 1 saturated heterocycles. The van der Waals surface area contributed by atoms with E-state index in [2.05, 4.69) is 15.5 Å². The number of rotatable bonds is 5. The van der Waals surface area contributed by atoms with Crippen LogP contribution in [0.5, 0.6) is 0 Å². The van der Waals surface area contributed by atoms with Crippen molar-refractivity contribution in [2.24, 2.45) is 0 Å². The van der Waals surface area contributed by atoms with Crippen molar-refractivity contribution in [1.29, 1.82) is 0 Å². The average molecular weight is 426 g/mol. The molecule has 0 bridgehead atoms. The van der Waals surface area contributed by atoms with Gasteiger partial charge in [0.1, 0.15) is 5.82 Å². The van der Waals surface area contributed by atoms with Gasteiger partial charge in [-0.3, -0.25) is 9.13 Å². The van der Waals surface area contributed by atoms with Crippen molar-refractivity contribution < 1.29 is 9.18 Å². The summed E-state index contributed by atoms with van der Waals surface area (Å²) < 4.78 is 16.6. The number of hydrogen-bond donors (Lipinski definition) is 2. The number of imidazole rings is 1. The second kappa shape index (κ2) is 8.83. The number of nitrogens with zero attached hydrogens (tertiary/aromatic N) is 3. The first-order chi connectivity index (χ1) is 15.0. The maximum atomic E-state index is 13.1. The minimum absolute atomic E-state index is 0.0440. The van der Waals surface area contributed by atoms with Gasteiger partial charge in [0.2, 0.25) is 0 Å². The first-order valence-corrected chi connectivity index (χ1v) is 10.9. The van der Waals surface area contributed by atoms with Crippen molar-refractivity contribution in [3.05, 3.63) is 52.7 Å². The number of aromatic nitrogens is 2. The summed E-state index contributed by atoms with van der Waals surface area (Å²) in [6, 6.07) is 9.12. The first-order valence-electron chi connectivity index (χ1n) is 10.9. The largest absolute Gasteiger partial charge is 0.370 e. The SMILES string of the molecule is CCn1c(=O)n(CC)c2cc(N3CCCCC3)c(NC(=O)Nc3ccc(F)cc3)cc21. The maximum Gasteiger partial charge on any atom is 0.329 e. The third-order valence-corrected chi connectivity index (χ3v) is 5.82. The number of urea groups is 1. The molecule has 0 aliphatic carbocycles. The van der Waals surface area contributed by atoms with Gasteiger partial charge in [0, 0.05) is 31.9 Å². The van der Waals surface area contributed by atoms with Crippen LogP contribution in [0.25, 0.3) is 11.0 Å². The third-order valence-electron chi connectivity index (χ3n) is 5.82. The van der Waals surface area contributed by atoms with Crippen LogP contribution in [-0.2, 0) is 13.1 Å². The predicted molar refractivity (Wildman–Crippen MR) is 123 cm³/mol. The Bertz CT molecular complexity index is 1140. The van der Waals surface area contributed by atoms with Gasteiger partial charge < -0.3 is 15.5 Å². The molecule has 1 aliphatic rings. The zero-order chi connectivity index (χ0) is 22.0. The number of benzene rings is 2. The Kier molecular flexibility index (Phi) is 5.97. The number of fused-ring (bicyclic) bond motifs is 1. The van der Waals surface area contributed by atoms with Crippen LogP contribution >= 0.6 is 0 Å². The number of halogens is 1. The number of carbonyl (C=O) groups is 1. The molecule has 0 saturated carbocycles. The molecule has 8 heteroatoms. The molecular weight excluding hydrogens is 397 g/mol. The van der Waals surface area contributed by atoms with E-state index in [1.165, 1.54) is 30.7 Å². The molecule has 7 nitrogen and oxygen atoms in total. The highest BCUT2D eigenvalue weighted by atomic mass is 19.1. The lowest BCUT2D eigenvalue weighted by Gasteiger charge is -2.30. The van der Waals surface area contributed by atoms with Crippen molar-refractivity contribution >= 4 is 34.1 Å². The fraction of sp³-hybridized carbons (Fsp3) is 0.391. The monoisotopic (exact) mass is 425 g/mol. The Morgan fingerprint density at radius 1 is 0.935 bits per heavy atom. The summed E-state index contributed by atoms with van der Waals surface area (Å²) in [5.41, 5.74) is 3.70. The van der Waals surface area contributed by atoms with Crippen LogP contribution in [0.4, 0.5) is 26.2 Å². The van der Waals surface area contributed by atoms with Crippen molar-refractivity contribution in [2.75, 3.05) is 28.6 Å². The number of carbonyl (C=O) groups excluding carboxylic acids is 1. The first kappa shape index (κ1) is 21.0. The highest BCUT2D eigenvalue weighted by Gasteiger charge is 2.21. The molecule has 2 N–H and O–H groups in total. The van der Waals surface area contributed by atoms with Crippen LogP contribution in [0.1, 0.15) is 33.1 Å². The van der Waals surface area contributed by atoms with E-state index in [0.717, 1.165) is 42.7 Å². The van der Waals surface area contributed by atoms with Gasteiger partial charge in [-0.1, -0.05) is 0 Å². The third kappa shape index (κ3) is 4.15. The van der Waals surface area contributed by atoms with Crippen LogP contribution in [0, 0.1) is 5.82 Å². The van der Waals surface area contributed by atoms with E-state index in [0.29, 0.717) is 24.5 Å². The topological polar surface area (TPSA) is 71.3 Å². The molecule has 1 aliphatic heterocycles. The summed E-state index contributed by atoms with van der Waals surface area (Å²) in [5, 5.41) is 5.69. The Labute approximate surface area is 180 Å².